The van der Waals surface area contributed by atoms with E-state index in [0.29, 0.717) is 11.1 Å². The lowest BCUT2D eigenvalue weighted by Crippen LogP contribution is -2.19. The Kier molecular flexibility index (Phi) is 5.47. The standard InChI is InChI=1S/C15H21OSi/c1-12(2)17(13(3)4)11-10-15(16)14-8-6-5-7-9-14/h5-9,12-13,15-16H,1-4H3. The average molecular weight is 245 g/mol. The van der Waals surface area contributed by atoms with Crippen LogP contribution in [0, 0.1) is 11.5 Å². The first-order valence-corrected chi connectivity index (χ1v) is 7.79. The summed E-state index contributed by atoms with van der Waals surface area (Å²) in [7, 11) is -0.702. The second kappa shape index (κ2) is 6.63. The van der Waals surface area contributed by atoms with Crippen LogP contribution < -0.4 is 0 Å². The Morgan fingerprint density at radius 2 is 1.53 bits per heavy atom. The highest BCUT2D eigenvalue weighted by atomic mass is 28.3. The van der Waals surface area contributed by atoms with Gasteiger partial charge >= 0.3 is 0 Å². The van der Waals surface area contributed by atoms with Crippen LogP contribution in [0.15, 0.2) is 30.3 Å². The van der Waals surface area contributed by atoms with Crippen LogP contribution >= 0.6 is 0 Å². The van der Waals surface area contributed by atoms with Gasteiger partial charge in [-0.05, 0) is 16.6 Å². The summed E-state index contributed by atoms with van der Waals surface area (Å²) in [6.45, 7) is 8.88. The Labute approximate surface area is 106 Å². The predicted molar refractivity (Wildman–Crippen MR) is 75.1 cm³/mol. The fourth-order valence-corrected chi connectivity index (χ4v) is 4.04. The van der Waals surface area contributed by atoms with E-state index in [2.05, 4.69) is 39.2 Å². The van der Waals surface area contributed by atoms with E-state index in [9.17, 15) is 5.11 Å². The monoisotopic (exact) mass is 245 g/mol. The van der Waals surface area contributed by atoms with E-state index in [1.165, 1.54) is 0 Å². The molecular weight excluding hydrogens is 224 g/mol. The zero-order valence-electron chi connectivity index (χ0n) is 11.1. The zero-order chi connectivity index (χ0) is 12.8. The van der Waals surface area contributed by atoms with Crippen molar-refractivity contribution in [2.75, 3.05) is 0 Å². The minimum Gasteiger partial charge on any atom is -0.376 e. The highest BCUT2D eigenvalue weighted by Crippen LogP contribution is 2.19. The summed E-state index contributed by atoms with van der Waals surface area (Å²) in [6.07, 6.45) is -0.645. The minimum absolute atomic E-state index is 0.621. The quantitative estimate of drug-likeness (QED) is 0.637. The van der Waals surface area contributed by atoms with Crippen molar-refractivity contribution >= 4 is 8.80 Å². The molecule has 0 amide bonds. The van der Waals surface area contributed by atoms with Gasteiger partial charge in [-0.15, -0.1) is 5.54 Å². The molecule has 0 aliphatic carbocycles. The molecule has 0 bridgehead atoms. The number of aliphatic hydroxyl groups excluding tert-OH is 1. The lowest BCUT2D eigenvalue weighted by Gasteiger charge is -2.16. The lowest BCUT2D eigenvalue weighted by molar-refractivity contribution is 0.238. The van der Waals surface area contributed by atoms with Crippen molar-refractivity contribution in [2.24, 2.45) is 0 Å². The van der Waals surface area contributed by atoms with E-state index < -0.39 is 14.9 Å². The smallest absolute Gasteiger partial charge is 0.150 e. The highest BCUT2D eigenvalue weighted by Gasteiger charge is 2.17. The molecule has 1 aromatic carbocycles. The molecule has 0 saturated heterocycles. The topological polar surface area (TPSA) is 20.2 Å². The van der Waals surface area contributed by atoms with Crippen LogP contribution in [-0.2, 0) is 0 Å². The molecule has 1 unspecified atom stereocenters. The van der Waals surface area contributed by atoms with Gasteiger partial charge in [0, 0.05) is 0 Å². The predicted octanol–water partition coefficient (Wildman–Crippen LogP) is 3.58. The summed E-state index contributed by atoms with van der Waals surface area (Å²) in [5.41, 5.74) is 5.44. The average Bonchev–Trinajstić information content (AvgIpc) is 2.29. The molecular formula is C15H21OSi. The Morgan fingerprint density at radius 3 is 2.00 bits per heavy atom. The number of aliphatic hydroxyl groups is 1. The van der Waals surface area contributed by atoms with Crippen molar-refractivity contribution in [3.8, 4) is 11.5 Å². The molecule has 1 rings (SSSR count). The van der Waals surface area contributed by atoms with Crippen molar-refractivity contribution in [3.05, 3.63) is 35.9 Å². The molecule has 1 radical (unpaired) electrons. The number of benzene rings is 1. The molecule has 1 N–H and O–H groups in total. The second-order valence-corrected chi connectivity index (χ2v) is 8.32. The third-order valence-electron chi connectivity index (χ3n) is 2.71. The summed E-state index contributed by atoms with van der Waals surface area (Å²) >= 11 is 0. The van der Waals surface area contributed by atoms with Gasteiger partial charge in [0.25, 0.3) is 0 Å². The number of hydrogen-bond donors (Lipinski definition) is 1. The van der Waals surface area contributed by atoms with Crippen molar-refractivity contribution < 1.29 is 5.11 Å². The van der Waals surface area contributed by atoms with E-state index in [-0.39, 0.29) is 0 Å². The van der Waals surface area contributed by atoms with Crippen LogP contribution in [0.4, 0.5) is 0 Å². The van der Waals surface area contributed by atoms with Gasteiger partial charge in [-0.25, -0.2) is 0 Å². The molecule has 0 saturated carbocycles. The molecule has 1 atom stereocenters. The van der Waals surface area contributed by atoms with Gasteiger partial charge in [-0.2, -0.15) is 0 Å². The fraction of sp³-hybridized carbons (Fsp3) is 0.467. The molecule has 0 spiro atoms. The van der Waals surface area contributed by atoms with Gasteiger partial charge in [0.05, 0.1) is 0 Å². The van der Waals surface area contributed by atoms with Crippen LogP contribution in [0.3, 0.4) is 0 Å². The molecule has 0 aromatic heterocycles. The SMILES string of the molecule is CC(C)[Si](C#CC(O)c1ccccc1)C(C)C. The van der Waals surface area contributed by atoms with Crippen LogP contribution in [0.1, 0.15) is 39.4 Å². The Morgan fingerprint density at radius 1 is 1.00 bits per heavy atom. The largest absolute Gasteiger partial charge is 0.376 e. The third-order valence-corrected chi connectivity index (χ3v) is 5.63. The van der Waals surface area contributed by atoms with E-state index in [0.717, 1.165) is 5.56 Å². The van der Waals surface area contributed by atoms with Gasteiger partial charge < -0.3 is 5.11 Å². The van der Waals surface area contributed by atoms with Crippen molar-refractivity contribution in [3.63, 3.8) is 0 Å². The summed E-state index contributed by atoms with van der Waals surface area (Å²) in [6, 6.07) is 9.63. The fourth-order valence-electron chi connectivity index (χ4n) is 1.83. The van der Waals surface area contributed by atoms with Crippen LogP contribution in [0.5, 0.6) is 0 Å². The number of hydrogen-bond acceptors (Lipinski definition) is 1. The second-order valence-electron chi connectivity index (χ2n) is 4.85. The Bertz CT molecular complexity index is 378. The van der Waals surface area contributed by atoms with E-state index in [1.807, 2.05) is 30.3 Å². The van der Waals surface area contributed by atoms with Gasteiger partial charge in [0.2, 0.25) is 0 Å². The minimum atomic E-state index is -0.702. The van der Waals surface area contributed by atoms with Crippen molar-refractivity contribution in [1.29, 1.82) is 0 Å². The molecule has 17 heavy (non-hydrogen) atoms. The number of rotatable bonds is 3. The van der Waals surface area contributed by atoms with E-state index in [1.54, 1.807) is 0 Å². The maximum Gasteiger partial charge on any atom is 0.150 e. The zero-order valence-corrected chi connectivity index (χ0v) is 12.1. The highest BCUT2D eigenvalue weighted by molar-refractivity contribution is 6.70. The van der Waals surface area contributed by atoms with Gasteiger partial charge in [0.1, 0.15) is 14.9 Å². The van der Waals surface area contributed by atoms with Crippen LogP contribution in [0.25, 0.3) is 0 Å². The summed E-state index contributed by atoms with van der Waals surface area (Å²) in [4.78, 5) is 0. The molecule has 0 fully saturated rings. The van der Waals surface area contributed by atoms with E-state index >= 15 is 0 Å². The molecule has 0 aliphatic heterocycles. The van der Waals surface area contributed by atoms with Gasteiger partial charge in [-0.1, -0.05) is 63.9 Å². The van der Waals surface area contributed by atoms with Crippen molar-refractivity contribution in [1.82, 2.24) is 0 Å². The summed E-state index contributed by atoms with van der Waals surface area (Å²) in [5, 5.41) is 9.98. The first-order chi connectivity index (χ1) is 8.02. The van der Waals surface area contributed by atoms with Gasteiger partial charge in [0.15, 0.2) is 0 Å². The lowest BCUT2D eigenvalue weighted by atomic mass is 10.1. The molecule has 91 valence electrons. The Balaban J connectivity index is 2.77. The first-order valence-electron chi connectivity index (χ1n) is 6.13. The first kappa shape index (κ1) is 14.0. The Hall–Kier alpha value is -1.04. The summed E-state index contributed by atoms with van der Waals surface area (Å²) in [5.74, 6) is 3.01. The van der Waals surface area contributed by atoms with Crippen molar-refractivity contribution in [2.45, 2.75) is 44.9 Å². The maximum absolute atomic E-state index is 9.98. The maximum atomic E-state index is 9.98. The molecule has 2 heteroatoms. The molecule has 0 aliphatic rings. The molecule has 1 nitrogen and oxygen atoms in total. The summed E-state index contributed by atoms with van der Waals surface area (Å²) < 4.78 is 0. The molecule has 1 aromatic rings. The van der Waals surface area contributed by atoms with Crippen LogP contribution in [0.2, 0.25) is 11.1 Å². The van der Waals surface area contributed by atoms with E-state index in [4.69, 9.17) is 0 Å². The van der Waals surface area contributed by atoms with Gasteiger partial charge in [-0.3, -0.25) is 0 Å². The third kappa shape index (κ3) is 4.38. The molecule has 0 heterocycles. The normalized spacial score (nSPS) is 12.7. The van der Waals surface area contributed by atoms with Crippen LogP contribution in [-0.4, -0.2) is 13.9 Å².